The third kappa shape index (κ3) is 4.93. The standard InChI is InChI=1S/C21H25F2N5S/c1-14(2)21(12-26-15(3)24)20(29-19-9-16(22)8-17(23)10-19)28(13-27-21)11-18-6-4-5-7-25-18/h4-10,13-14,20H,11-12H2,1-3H3,(H2,24,26). The summed E-state index contributed by atoms with van der Waals surface area (Å²) in [6, 6.07) is 9.28. The van der Waals surface area contributed by atoms with Gasteiger partial charge in [-0.25, -0.2) is 8.78 Å². The van der Waals surface area contributed by atoms with Gasteiger partial charge in [0.25, 0.3) is 0 Å². The van der Waals surface area contributed by atoms with Crippen LogP contribution in [0.5, 0.6) is 0 Å². The highest BCUT2D eigenvalue weighted by molar-refractivity contribution is 8.00. The molecule has 2 heterocycles. The topological polar surface area (TPSA) is 66.9 Å². The van der Waals surface area contributed by atoms with Crippen LogP contribution in [0.2, 0.25) is 0 Å². The van der Waals surface area contributed by atoms with Crippen LogP contribution in [0.25, 0.3) is 0 Å². The Morgan fingerprint density at radius 3 is 2.59 bits per heavy atom. The van der Waals surface area contributed by atoms with Gasteiger partial charge in [-0.15, -0.1) is 0 Å². The van der Waals surface area contributed by atoms with Crippen molar-refractivity contribution >= 4 is 23.9 Å². The lowest BCUT2D eigenvalue weighted by Crippen LogP contribution is -2.49. The van der Waals surface area contributed by atoms with E-state index in [9.17, 15) is 8.78 Å². The van der Waals surface area contributed by atoms with E-state index in [2.05, 4.69) is 28.7 Å². The van der Waals surface area contributed by atoms with Crippen LogP contribution in [-0.4, -0.2) is 39.5 Å². The first kappa shape index (κ1) is 21.2. The summed E-state index contributed by atoms with van der Waals surface area (Å²) >= 11 is 1.38. The van der Waals surface area contributed by atoms with E-state index in [1.807, 2.05) is 18.2 Å². The summed E-state index contributed by atoms with van der Waals surface area (Å²) in [5, 5.41) is -0.228. The van der Waals surface area contributed by atoms with Crippen molar-refractivity contribution in [2.45, 2.75) is 43.1 Å². The number of aliphatic imine (C=N–C) groups is 2. The first-order valence-corrected chi connectivity index (χ1v) is 10.3. The summed E-state index contributed by atoms with van der Waals surface area (Å²) in [4.78, 5) is 16.2. The number of rotatable bonds is 7. The normalized spacial score (nSPS) is 21.9. The maximum absolute atomic E-state index is 13.8. The highest BCUT2D eigenvalue weighted by Gasteiger charge is 2.48. The van der Waals surface area contributed by atoms with E-state index in [1.54, 1.807) is 19.5 Å². The molecule has 2 unspecified atom stereocenters. The minimum atomic E-state index is -0.603. The molecule has 0 amide bonds. The lowest BCUT2D eigenvalue weighted by atomic mass is 9.87. The molecule has 1 aromatic carbocycles. The van der Waals surface area contributed by atoms with Crippen LogP contribution in [0.4, 0.5) is 8.78 Å². The molecular weight excluding hydrogens is 392 g/mol. The molecule has 1 aromatic heterocycles. The smallest absolute Gasteiger partial charge is 0.127 e. The van der Waals surface area contributed by atoms with Gasteiger partial charge in [0.15, 0.2) is 0 Å². The minimum absolute atomic E-state index is 0.117. The van der Waals surface area contributed by atoms with Crippen molar-refractivity contribution in [1.29, 1.82) is 0 Å². The van der Waals surface area contributed by atoms with Crippen molar-refractivity contribution in [3.8, 4) is 0 Å². The third-order valence-electron chi connectivity index (χ3n) is 4.91. The van der Waals surface area contributed by atoms with E-state index >= 15 is 0 Å². The molecule has 5 nitrogen and oxygen atoms in total. The first-order chi connectivity index (χ1) is 13.8. The molecule has 1 aliphatic heterocycles. The maximum atomic E-state index is 13.8. The lowest BCUT2D eigenvalue weighted by Gasteiger charge is -2.38. The van der Waals surface area contributed by atoms with Crippen LogP contribution in [0, 0.1) is 17.6 Å². The van der Waals surface area contributed by atoms with E-state index < -0.39 is 17.2 Å². The number of benzene rings is 1. The Kier molecular flexibility index (Phi) is 6.52. The van der Waals surface area contributed by atoms with Crippen LogP contribution in [0.1, 0.15) is 26.5 Å². The van der Waals surface area contributed by atoms with E-state index in [0.717, 1.165) is 11.8 Å². The van der Waals surface area contributed by atoms with Gasteiger partial charge in [0, 0.05) is 17.2 Å². The number of nitrogens with zero attached hydrogens (tertiary/aromatic N) is 4. The van der Waals surface area contributed by atoms with Gasteiger partial charge in [0.2, 0.25) is 0 Å². The van der Waals surface area contributed by atoms with Gasteiger partial charge < -0.3 is 10.6 Å². The second-order valence-corrected chi connectivity index (χ2v) is 8.57. The van der Waals surface area contributed by atoms with E-state index in [1.165, 1.54) is 23.9 Å². The Labute approximate surface area is 174 Å². The van der Waals surface area contributed by atoms with Gasteiger partial charge in [-0.2, -0.15) is 0 Å². The zero-order chi connectivity index (χ0) is 21.0. The Morgan fingerprint density at radius 1 is 1.28 bits per heavy atom. The molecule has 2 aromatic rings. The number of nitrogens with two attached hydrogens (primary N) is 1. The van der Waals surface area contributed by atoms with Crippen LogP contribution in [0.3, 0.4) is 0 Å². The third-order valence-corrected chi connectivity index (χ3v) is 6.32. The van der Waals surface area contributed by atoms with Crippen LogP contribution in [0.15, 0.2) is 57.5 Å². The summed E-state index contributed by atoms with van der Waals surface area (Å²) in [5.74, 6) is -0.613. The van der Waals surface area contributed by atoms with E-state index in [-0.39, 0.29) is 11.3 Å². The van der Waals surface area contributed by atoms with Crippen molar-refractivity contribution in [3.63, 3.8) is 0 Å². The Bertz CT molecular complexity index is 879. The number of hydrogen-bond donors (Lipinski definition) is 1. The molecule has 0 spiro atoms. The van der Waals surface area contributed by atoms with Gasteiger partial charge in [0.05, 0.1) is 31.0 Å². The number of hydrogen-bond acceptors (Lipinski definition) is 5. The first-order valence-electron chi connectivity index (χ1n) is 9.40. The van der Waals surface area contributed by atoms with Crippen molar-refractivity contribution in [2.75, 3.05) is 6.54 Å². The van der Waals surface area contributed by atoms with Gasteiger partial charge >= 0.3 is 0 Å². The SMILES string of the molecule is CC(N)=NCC1(C(C)C)N=CN(Cc2ccccn2)C1Sc1cc(F)cc(F)c1. The monoisotopic (exact) mass is 417 g/mol. The molecule has 2 atom stereocenters. The number of amidine groups is 1. The van der Waals surface area contributed by atoms with Crippen molar-refractivity contribution in [2.24, 2.45) is 21.6 Å². The molecule has 0 saturated heterocycles. The number of pyridine rings is 1. The summed E-state index contributed by atoms with van der Waals surface area (Å²) in [6.45, 7) is 6.80. The summed E-state index contributed by atoms with van der Waals surface area (Å²) < 4.78 is 27.6. The van der Waals surface area contributed by atoms with Gasteiger partial charge in [-0.3, -0.25) is 15.0 Å². The average Bonchev–Trinajstić information content (AvgIpc) is 2.99. The molecule has 1 aliphatic rings. The summed E-state index contributed by atoms with van der Waals surface area (Å²) in [6.07, 6.45) is 3.54. The van der Waals surface area contributed by atoms with E-state index in [4.69, 9.17) is 10.7 Å². The Hall–Kier alpha value is -2.48. The zero-order valence-electron chi connectivity index (χ0n) is 16.7. The predicted molar refractivity (Wildman–Crippen MR) is 114 cm³/mol. The second kappa shape index (κ2) is 8.90. The molecule has 0 bridgehead atoms. The van der Waals surface area contributed by atoms with Crippen LogP contribution < -0.4 is 5.73 Å². The van der Waals surface area contributed by atoms with Gasteiger partial charge in [-0.05, 0) is 37.1 Å². The fourth-order valence-corrected chi connectivity index (χ4v) is 4.77. The lowest BCUT2D eigenvalue weighted by molar-refractivity contribution is 0.248. The van der Waals surface area contributed by atoms with Crippen molar-refractivity contribution < 1.29 is 8.78 Å². The predicted octanol–water partition coefficient (Wildman–Crippen LogP) is 4.09. The van der Waals surface area contributed by atoms with Crippen LogP contribution >= 0.6 is 11.8 Å². The molecule has 8 heteroatoms. The van der Waals surface area contributed by atoms with Crippen molar-refractivity contribution in [1.82, 2.24) is 9.88 Å². The fourth-order valence-electron chi connectivity index (χ4n) is 3.28. The molecule has 154 valence electrons. The average molecular weight is 418 g/mol. The van der Waals surface area contributed by atoms with Crippen molar-refractivity contribution in [3.05, 3.63) is 59.9 Å². The molecule has 0 aliphatic carbocycles. The largest absolute Gasteiger partial charge is 0.388 e. The number of aromatic nitrogens is 1. The van der Waals surface area contributed by atoms with Gasteiger partial charge in [0.1, 0.15) is 22.5 Å². The van der Waals surface area contributed by atoms with Gasteiger partial charge in [-0.1, -0.05) is 31.7 Å². The molecule has 0 fully saturated rings. The minimum Gasteiger partial charge on any atom is -0.388 e. The maximum Gasteiger partial charge on any atom is 0.127 e. The fraction of sp³-hybridized carbons (Fsp3) is 0.381. The highest BCUT2D eigenvalue weighted by Crippen LogP contribution is 2.43. The van der Waals surface area contributed by atoms with E-state index in [0.29, 0.717) is 23.8 Å². The van der Waals surface area contributed by atoms with Crippen LogP contribution in [-0.2, 0) is 6.54 Å². The summed E-state index contributed by atoms with van der Waals surface area (Å²) in [5.41, 5.74) is 6.08. The highest BCUT2D eigenvalue weighted by atomic mass is 32.2. The quantitative estimate of drug-likeness (QED) is 0.544. The Morgan fingerprint density at radius 2 is 2.00 bits per heavy atom. The second-order valence-electron chi connectivity index (χ2n) is 7.42. The summed E-state index contributed by atoms with van der Waals surface area (Å²) in [7, 11) is 0. The zero-order valence-corrected chi connectivity index (χ0v) is 17.5. The number of thioether (sulfide) groups is 1. The molecular formula is C21H25F2N5S. The molecule has 0 radical (unpaired) electrons. The molecule has 29 heavy (non-hydrogen) atoms. The molecule has 2 N–H and O–H groups in total. The molecule has 3 rings (SSSR count). The Balaban J connectivity index is 1.98. The molecule has 0 saturated carbocycles. The number of halogens is 2.